The summed E-state index contributed by atoms with van der Waals surface area (Å²) in [4.78, 5) is 0. The average molecular weight is 310 g/mol. The summed E-state index contributed by atoms with van der Waals surface area (Å²) in [6, 6.07) is 7.73. The van der Waals surface area contributed by atoms with Crippen molar-refractivity contribution in [1.82, 2.24) is 9.59 Å². The normalized spacial score (nSPS) is 12.6. The third kappa shape index (κ3) is 3.24. The smallest absolute Gasteiger partial charge is 0.195 e. The number of nitrogens with zero attached hydrogens (tertiary/aromatic N) is 2. The molecule has 0 aliphatic heterocycles. The summed E-state index contributed by atoms with van der Waals surface area (Å²) in [5.41, 5.74) is 2.51. The molecule has 0 aliphatic carbocycles. The first-order chi connectivity index (χ1) is 9.20. The summed E-state index contributed by atoms with van der Waals surface area (Å²) in [5.74, 6) is -0.0118. The van der Waals surface area contributed by atoms with Crippen molar-refractivity contribution in [3.05, 3.63) is 41.1 Å². The molecule has 2 aromatic rings. The molecule has 0 bridgehead atoms. The second kappa shape index (κ2) is 5.26. The molecular weight excluding hydrogens is 292 g/mol. The summed E-state index contributed by atoms with van der Waals surface area (Å²) >= 11 is 0.934. The quantitative estimate of drug-likeness (QED) is 0.874. The molecule has 108 valence electrons. The van der Waals surface area contributed by atoms with Crippen molar-refractivity contribution in [2.24, 2.45) is 0 Å². The maximum Gasteiger partial charge on any atom is 0.195 e. The minimum atomic E-state index is -3.36. The number of hydrogen-bond donors (Lipinski definition) is 0. The monoisotopic (exact) mass is 310 g/mol. The Bertz CT molecular complexity index is 696. The molecule has 0 saturated carbocycles. The molecule has 0 atom stereocenters. The van der Waals surface area contributed by atoms with E-state index in [9.17, 15) is 8.42 Å². The fourth-order valence-electron chi connectivity index (χ4n) is 1.89. The Labute approximate surface area is 123 Å². The van der Waals surface area contributed by atoms with Gasteiger partial charge in [-0.2, -0.15) is 0 Å². The van der Waals surface area contributed by atoms with Gasteiger partial charge in [-0.3, -0.25) is 0 Å². The third-order valence-corrected chi connectivity index (χ3v) is 6.25. The largest absolute Gasteiger partial charge is 0.222 e. The van der Waals surface area contributed by atoms with Gasteiger partial charge in [0.1, 0.15) is 0 Å². The van der Waals surface area contributed by atoms with Crippen LogP contribution in [0.5, 0.6) is 0 Å². The first-order valence-electron chi connectivity index (χ1n) is 6.31. The number of aromatic nitrogens is 2. The van der Waals surface area contributed by atoms with Crippen LogP contribution in [0.1, 0.15) is 37.6 Å². The Hall–Kier alpha value is -1.27. The van der Waals surface area contributed by atoms with Crippen molar-refractivity contribution in [2.75, 3.05) is 0 Å². The maximum atomic E-state index is 12.3. The number of sulfone groups is 1. The summed E-state index contributed by atoms with van der Waals surface area (Å²) in [6.07, 6.45) is 0. The Morgan fingerprint density at radius 2 is 1.75 bits per heavy atom. The van der Waals surface area contributed by atoms with E-state index in [-0.39, 0.29) is 15.4 Å². The van der Waals surface area contributed by atoms with E-state index in [0.717, 1.165) is 17.1 Å². The number of hydrogen-bond acceptors (Lipinski definition) is 5. The van der Waals surface area contributed by atoms with Crippen molar-refractivity contribution in [3.63, 3.8) is 0 Å². The van der Waals surface area contributed by atoms with E-state index in [4.69, 9.17) is 0 Å². The van der Waals surface area contributed by atoms with Gasteiger partial charge in [0, 0.05) is 11.5 Å². The Kier molecular flexibility index (Phi) is 3.97. The zero-order chi connectivity index (χ0) is 15.0. The molecule has 1 aromatic heterocycles. The summed E-state index contributed by atoms with van der Waals surface area (Å²) < 4.78 is 28.5. The van der Waals surface area contributed by atoms with Gasteiger partial charge in [-0.05, 0) is 23.5 Å². The topological polar surface area (TPSA) is 59.9 Å². The van der Waals surface area contributed by atoms with Crippen molar-refractivity contribution in [3.8, 4) is 0 Å². The minimum Gasteiger partial charge on any atom is -0.222 e. The van der Waals surface area contributed by atoms with Gasteiger partial charge < -0.3 is 0 Å². The lowest BCUT2D eigenvalue weighted by Crippen LogP contribution is -2.11. The highest BCUT2D eigenvalue weighted by molar-refractivity contribution is 7.92. The Morgan fingerprint density at radius 1 is 1.15 bits per heavy atom. The molecule has 0 radical (unpaired) electrons. The van der Waals surface area contributed by atoms with Crippen LogP contribution in [-0.4, -0.2) is 18.0 Å². The Balaban J connectivity index is 2.25. The van der Waals surface area contributed by atoms with Crippen molar-refractivity contribution >= 4 is 21.4 Å². The zero-order valence-electron chi connectivity index (χ0n) is 12.0. The van der Waals surface area contributed by atoms with E-state index >= 15 is 0 Å². The molecule has 20 heavy (non-hydrogen) atoms. The standard InChI is InChI=1S/C14H18N2O2S2/c1-10-13(19-16-15-10)20(17,18)9-11-5-7-12(8-6-11)14(2,3)4/h5-8H,9H2,1-4H3. The van der Waals surface area contributed by atoms with Gasteiger partial charge in [0.15, 0.2) is 14.0 Å². The first-order valence-corrected chi connectivity index (χ1v) is 8.74. The third-order valence-electron chi connectivity index (χ3n) is 3.07. The van der Waals surface area contributed by atoms with Crippen LogP contribution < -0.4 is 0 Å². The van der Waals surface area contributed by atoms with E-state index in [2.05, 4.69) is 30.4 Å². The predicted molar refractivity (Wildman–Crippen MR) is 80.7 cm³/mol. The first kappa shape index (κ1) is 15.1. The molecule has 6 heteroatoms. The lowest BCUT2D eigenvalue weighted by atomic mass is 9.87. The molecule has 0 N–H and O–H groups in total. The number of benzene rings is 1. The molecule has 0 unspecified atom stereocenters. The highest BCUT2D eigenvalue weighted by atomic mass is 32.2. The molecule has 4 nitrogen and oxygen atoms in total. The van der Waals surface area contributed by atoms with Gasteiger partial charge >= 0.3 is 0 Å². The lowest BCUT2D eigenvalue weighted by Gasteiger charge is -2.19. The number of rotatable bonds is 3. The fraction of sp³-hybridized carbons (Fsp3) is 0.429. The van der Waals surface area contributed by atoms with E-state index in [1.807, 2.05) is 24.3 Å². The van der Waals surface area contributed by atoms with E-state index in [1.165, 1.54) is 5.56 Å². The van der Waals surface area contributed by atoms with E-state index < -0.39 is 9.84 Å². The molecule has 1 heterocycles. The molecular formula is C14H18N2O2S2. The van der Waals surface area contributed by atoms with Crippen LogP contribution in [0.2, 0.25) is 0 Å². The van der Waals surface area contributed by atoms with E-state index in [1.54, 1.807) is 6.92 Å². The zero-order valence-corrected chi connectivity index (χ0v) is 13.7. The van der Waals surface area contributed by atoms with Gasteiger partial charge in [0.05, 0.1) is 11.4 Å². The maximum absolute atomic E-state index is 12.3. The summed E-state index contributed by atoms with van der Waals surface area (Å²) in [5, 5.41) is 3.76. The van der Waals surface area contributed by atoms with Gasteiger partial charge in [-0.15, -0.1) is 5.10 Å². The summed E-state index contributed by atoms with van der Waals surface area (Å²) in [7, 11) is -3.36. The van der Waals surface area contributed by atoms with E-state index in [0.29, 0.717) is 5.69 Å². The fourth-order valence-corrected chi connectivity index (χ4v) is 4.29. The van der Waals surface area contributed by atoms with Crippen LogP contribution in [0.25, 0.3) is 0 Å². The van der Waals surface area contributed by atoms with Crippen LogP contribution in [0.4, 0.5) is 0 Å². The second-order valence-corrected chi connectivity index (χ2v) is 8.79. The van der Waals surface area contributed by atoms with Gasteiger partial charge in [0.25, 0.3) is 0 Å². The Morgan fingerprint density at radius 3 is 2.20 bits per heavy atom. The predicted octanol–water partition coefficient (Wildman–Crippen LogP) is 3.12. The molecule has 0 fully saturated rings. The van der Waals surface area contributed by atoms with Gasteiger partial charge in [-0.25, -0.2) is 8.42 Å². The highest BCUT2D eigenvalue weighted by Gasteiger charge is 2.21. The lowest BCUT2D eigenvalue weighted by molar-refractivity contribution is 0.590. The molecule has 0 amide bonds. The number of aryl methyl sites for hydroxylation is 1. The van der Waals surface area contributed by atoms with Gasteiger partial charge in [-0.1, -0.05) is 49.5 Å². The summed E-state index contributed by atoms with van der Waals surface area (Å²) in [6.45, 7) is 8.06. The highest BCUT2D eigenvalue weighted by Crippen LogP contribution is 2.25. The van der Waals surface area contributed by atoms with Crippen LogP contribution in [0.3, 0.4) is 0 Å². The average Bonchev–Trinajstić information content (AvgIpc) is 2.75. The van der Waals surface area contributed by atoms with Crippen LogP contribution in [-0.2, 0) is 21.0 Å². The minimum absolute atomic E-state index is 0.0118. The van der Waals surface area contributed by atoms with Crippen LogP contribution in [0.15, 0.2) is 28.5 Å². The van der Waals surface area contributed by atoms with Crippen molar-refractivity contribution in [1.29, 1.82) is 0 Å². The van der Waals surface area contributed by atoms with Crippen molar-refractivity contribution in [2.45, 2.75) is 43.1 Å². The SMILES string of the molecule is Cc1nnsc1S(=O)(=O)Cc1ccc(C(C)(C)C)cc1. The van der Waals surface area contributed by atoms with Crippen LogP contribution >= 0.6 is 11.5 Å². The second-order valence-electron chi connectivity index (χ2n) is 5.85. The molecule has 0 aliphatic rings. The molecule has 2 rings (SSSR count). The molecule has 0 spiro atoms. The molecule has 0 saturated heterocycles. The molecule has 1 aromatic carbocycles. The van der Waals surface area contributed by atoms with Crippen molar-refractivity contribution < 1.29 is 8.42 Å². The van der Waals surface area contributed by atoms with Crippen LogP contribution in [0, 0.1) is 6.92 Å². The van der Waals surface area contributed by atoms with Gasteiger partial charge in [0.2, 0.25) is 0 Å².